The molecule has 2 rings (SSSR count). The lowest BCUT2D eigenvalue weighted by Gasteiger charge is -2.14. The molecule has 1 saturated heterocycles. The van der Waals surface area contributed by atoms with Crippen LogP contribution in [-0.2, 0) is 0 Å². The third-order valence-electron chi connectivity index (χ3n) is 2.93. The van der Waals surface area contributed by atoms with Gasteiger partial charge < -0.3 is 11.1 Å². The molecule has 0 radical (unpaired) electrons. The third kappa shape index (κ3) is 3.10. The minimum absolute atomic E-state index is 0.414. The van der Waals surface area contributed by atoms with Crippen molar-refractivity contribution in [3.05, 3.63) is 23.4 Å². The Bertz CT molecular complexity index is 414. The average molecular weight is 267 g/mol. The lowest BCUT2D eigenvalue weighted by molar-refractivity contribution is 0.803. The van der Waals surface area contributed by atoms with Crippen LogP contribution in [0.4, 0.5) is 5.82 Å². The van der Waals surface area contributed by atoms with Gasteiger partial charge in [-0.3, -0.25) is 0 Å². The van der Waals surface area contributed by atoms with Gasteiger partial charge in [-0.15, -0.1) is 0 Å². The summed E-state index contributed by atoms with van der Waals surface area (Å²) in [6, 6.07) is 1.93. The van der Waals surface area contributed by atoms with Crippen LogP contribution < -0.4 is 11.1 Å². The summed E-state index contributed by atoms with van der Waals surface area (Å²) < 4.78 is 0. The van der Waals surface area contributed by atoms with E-state index in [-0.39, 0.29) is 0 Å². The molecule has 0 bridgehead atoms. The van der Waals surface area contributed by atoms with Gasteiger partial charge in [0, 0.05) is 18.0 Å². The molecule has 1 aliphatic rings. The number of aromatic nitrogens is 1. The largest absolute Gasteiger partial charge is 0.389 e. The zero-order valence-electron chi connectivity index (χ0n) is 9.90. The van der Waals surface area contributed by atoms with Gasteiger partial charge in [-0.2, -0.15) is 11.8 Å². The van der Waals surface area contributed by atoms with Crippen molar-refractivity contribution in [1.29, 1.82) is 0 Å². The first-order valence-electron chi connectivity index (χ1n) is 5.79. The number of aryl methyl sites for hydroxylation is 1. The van der Waals surface area contributed by atoms with Crippen molar-refractivity contribution in [3.8, 4) is 0 Å². The maximum Gasteiger partial charge on any atom is 0.136 e. The van der Waals surface area contributed by atoms with Crippen LogP contribution in [0.2, 0.25) is 0 Å². The quantitative estimate of drug-likeness (QED) is 0.820. The number of pyridine rings is 1. The van der Waals surface area contributed by atoms with Gasteiger partial charge in [-0.05, 0) is 37.1 Å². The number of thioether (sulfide) groups is 1. The van der Waals surface area contributed by atoms with Gasteiger partial charge in [0.1, 0.15) is 10.8 Å². The zero-order chi connectivity index (χ0) is 12.3. The van der Waals surface area contributed by atoms with Crippen LogP contribution in [0.3, 0.4) is 0 Å². The molecule has 3 nitrogen and oxygen atoms in total. The molecule has 1 aromatic rings. The van der Waals surface area contributed by atoms with Crippen molar-refractivity contribution in [2.45, 2.75) is 25.0 Å². The number of hydrogen-bond acceptors (Lipinski definition) is 4. The highest BCUT2D eigenvalue weighted by Crippen LogP contribution is 2.26. The lowest BCUT2D eigenvalue weighted by atomic mass is 10.1. The van der Waals surface area contributed by atoms with Gasteiger partial charge in [-0.1, -0.05) is 12.2 Å². The van der Waals surface area contributed by atoms with Gasteiger partial charge in [0.25, 0.3) is 0 Å². The van der Waals surface area contributed by atoms with E-state index >= 15 is 0 Å². The molecule has 1 unspecified atom stereocenters. The van der Waals surface area contributed by atoms with Crippen molar-refractivity contribution < 1.29 is 0 Å². The summed E-state index contributed by atoms with van der Waals surface area (Å²) in [5, 5.41) is 4.07. The third-order valence-corrected chi connectivity index (χ3v) is 4.53. The molecule has 0 aromatic carbocycles. The summed E-state index contributed by atoms with van der Waals surface area (Å²) in [6.07, 6.45) is 4.40. The van der Waals surface area contributed by atoms with Gasteiger partial charge in [0.15, 0.2) is 0 Å². The molecule has 92 valence electrons. The standard InChI is InChI=1S/C12H17N3S2/c1-8-4-5-14-12(10(8)11(13)16)15-7-9-3-2-6-17-9/h4-5,9H,2-3,6-7H2,1H3,(H2,13,16)(H,14,15). The maximum atomic E-state index is 5.75. The van der Waals surface area contributed by atoms with Crippen LogP contribution in [0, 0.1) is 6.92 Å². The molecule has 5 heteroatoms. The number of hydrogen-bond donors (Lipinski definition) is 2. The molecule has 1 atom stereocenters. The Hall–Kier alpha value is -0.810. The first-order valence-corrected chi connectivity index (χ1v) is 7.25. The van der Waals surface area contributed by atoms with Crippen molar-refractivity contribution in [2.75, 3.05) is 17.6 Å². The van der Waals surface area contributed by atoms with Crippen LogP contribution >= 0.6 is 24.0 Å². The van der Waals surface area contributed by atoms with E-state index in [2.05, 4.69) is 10.3 Å². The van der Waals surface area contributed by atoms with E-state index in [9.17, 15) is 0 Å². The van der Waals surface area contributed by atoms with Gasteiger partial charge >= 0.3 is 0 Å². The molecule has 0 saturated carbocycles. The minimum atomic E-state index is 0.414. The number of thiocarbonyl (C=S) groups is 1. The second kappa shape index (κ2) is 5.69. The van der Waals surface area contributed by atoms with Crippen molar-refractivity contribution in [3.63, 3.8) is 0 Å². The predicted octanol–water partition coefficient (Wildman–Crippen LogP) is 2.33. The number of anilines is 1. The first kappa shape index (κ1) is 12.6. The fraction of sp³-hybridized carbons (Fsp3) is 0.500. The molecule has 0 amide bonds. The zero-order valence-corrected chi connectivity index (χ0v) is 11.5. The highest BCUT2D eigenvalue weighted by molar-refractivity contribution is 8.00. The molecule has 2 heterocycles. The molecule has 1 aromatic heterocycles. The molecule has 3 N–H and O–H groups in total. The van der Waals surface area contributed by atoms with Crippen LogP contribution in [0.1, 0.15) is 24.0 Å². The monoisotopic (exact) mass is 267 g/mol. The SMILES string of the molecule is Cc1ccnc(NCC2CCCS2)c1C(N)=S. The summed E-state index contributed by atoms with van der Waals surface area (Å²) in [4.78, 5) is 4.75. The minimum Gasteiger partial charge on any atom is -0.389 e. The van der Waals surface area contributed by atoms with Crippen molar-refractivity contribution in [1.82, 2.24) is 4.98 Å². The van der Waals surface area contributed by atoms with E-state index < -0.39 is 0 Å². The Morgan fingerprint density at radius 3 is 3.18 bits per heavy atom. The second-order valence-corrected chi connectivity index (χ2v) is 6.08. The predicted molar refractivity (Wildman–Crippen MR) is 78.8 cm³/mol. The number of nitrogens with one attached hydrogen (secondary N) is 1. The number of nitrogens with two attached hydrogens (primary N) is 1. The van der Waals surface area contributed by atoms with E-state index in [1.54, 1.807) is 6.20 Å². The lowest BCUT2D eigenvalue weighted by Crippen LogP contribution is -2.20. The summed E-state index contributed by atoms with van der Waals surface area (Å²) in [7, 11) is 0. The Morgan fingerprint density at radius 2 is 2.53 bits per heavy atom. The topological polar surface area (TPSA) is 50.9 Å². The number of rotatable bonds is 4. The summed E-state index contributed by atoms with van der Waals surface area (Å²) >= 11 is 7.10. The van der Waals surface area contributed by atoms with E-state index in [1.807, 2.05) is 24.8 Å². The Kier molecular flexibility index (Phi) is 4.23. The highest BCUT2D eigenvalue weighted by Gasteiger charge is 2.16. The molecular formula is C12H17N3S2. The van der Waals surface area contributed by atoms with Crippen molar-refractivity contribution >= 4 is 34.8 Å². The fourth-order valence-electron chi connectivity index (χ4n) is 2.02. The Balaban J connectivity index is 2.09. The fourth-order valence-corrected chi connectivity index (χ4v) is 3.48. The van der Waals surface area contributed by atoms with Crippen LogP contribution in [0.5, 0.6) is 0 Å². The maximum absolute atomic E-state index is 5.75. The molecule has 0 aliphatic carbocycles. The second-order valence-electron chi connectivity index (χ2n) is 4.23. The summed E-state index contributed by atoms with van der Waals surface area (Å²) in [6.45, 7) is 2.95. The van der Waals surface area contributed by atoms with E-state index in [0.29, 0.717) is 10.2 Å². The van der Waals surface area contributed by atoms with Crippen molar-refractivity contribution in [2.24, 2.45) is 5.73 Å². The Labute approximate surface area is 112 Å². The van der Waals surface area contributed by atoms with E-state index in [0.717, 1.165) is 23.5 Å². The Morgan fingerprint density at radius 1 is 1.71 bits per heavy atom. The molecule has 1 fully saturated rings. The molecule has 1 aliphatic heterocycles. The highest BCUT2D eigenvalue weighted by atomic mass is 32.2. The summed E-state index contributed by atoms with van der Waals surface area (Å²) in [5.41, 5.74) is 7.70. The van der Waals surface area contributed by atoms with Gasteiger partial charge in [0.05, 0.1) is 5.56 Å². The molecule has 17 heavy (non-hydrogen) atoms. The normalized spacial score (nSPS) is 19.2. The van der Waals surface area contributed by atoms with Crippen LogP contribution in [0.25, 0.3) is 0 Å². The first-order chi connectivity index (χ1) is 8.18. The van der Waals surface area contributed by atoms with E-state index in [4.69, 9.17) is 18.0 Å². The smallest absolute Gasteiger partial charge is 0.136 e. The molecule has 0 spiro atoms. The average Bonchev–Trinajstić information content (AvgIpc) is 2.78. The van der Waals surface area contributed by atoms with Gasteiger partial charge in [0.2, 0.25) is 0 Å². The summed E-state index contributed by atoms with van der Waals surface area (Å²) in [5.74, 6) is 2.10. The molecular weight excluding hydrogens is 250 g/mol. The number of nitrogens with zero attached hydrogens (tertiary/aromatic N) is 1. The van der Waals surface area contributed by atoms with Crippen LogP contribution in [-0.4, -0.2) is 27.5 Å². The van der Waals surface area contributed by atoms with Crippen LogP contribution in [0.15, 0.2) is 12.3 Å². The van der Waals surface area contributed by atoms with Gasteiger partial charge in [-0.25, -0.2) is 4.98 Å². The van der Waals surface area contributed by atoms with E-state index in [1.165, 1.54) is 18.6 Å².